The highest BCUT2D eigenvalue weighted by Gasteiger charge is 2.60. The van der Waals surface area contributed by atoms with Gasteiger partial charge in [0.05, 0.1) is 6.20 Å². The van der Waals surface area contributed by atoms with Crippen molar-refractivity contribution >= 4 is 11.7 Å². The fourth-order valence-corrected chi connectivity index (χ4v) is 5.16. The van der Waals surface area contributed by atoms with E-state index in [1.54, 1.807) is 27.8 Å². The highest BCUT2D eigenvalue weighted by Crippen LogP contribution is 2.51. The van der Waals surface area contributed by atoms with Crippen LogP contribution in [-0.2, 0) is 5.92 Å². The number of benzene rings is 1. The normalized spacial score (nSPS) is 23.7. The number of likely N-dealkylation sites (tertiary alicyclic amines) is 1. The van der Waals surface area contributed by atoms with Crippen LogP contribution in [0.1, 0.15) is 40.4 Å². The fourth-order valence-electron chi connectivity index (χ4n) is 5.16. The van der Waals surface area contributed by atoms with Gasteiger partial charge in [0, 0.05) is 31.0 Å². The maximum Gasteiger partial charge on any atom is 0.458 e. The lowest BCUT2D eigenvalue weighted by atomic mass is 9.88. The van der Waals surface area contributed by atoms with Crippen molar-refractivity contribution in [3.8, 4) is 0 Å². The fraction of sp³-hybridized carbons (Fsp3) is 0.409. The second-order valence-electron chi connectivity index (χ2n) is 8.49. The molecule has 0 radical (unpaired) electrons. The molecule has 1 amide bonds. The van der Waals surface area contributed by atoms with Crippen molar-refractivity contribution in [3.05, 3.63) is 65.7 Å². The molecule has 1 aliphatic carbocycles. The second kappa shape index (κ2) is 7.25. The number of aromatic nitrogens is 3. The van der Waals surface area contributed by atoms with Gasteiger partial charge in [0.15, 0.2) is 0 Å². The Morgan fingerprint density at radius 1 is 0.969 bits per heavy atom. The van der Waals surface area contributed by atoms with Gasteiger partial charge in [0.2, 0.25) is 5.78 Å². The molecule has 3 aromatic rings. The summed E-state index contributed by atoms with van der Waals surface area (Å²) in [4.78, 5) is 22.9. The van der Waals surface area contributed by atoms with Crippen LogP contribution in [0.15, 0.2) is 48.9 Å². The Morgan fingerprint density at radius 3 is 2.34 bits per heavy atom. The lowest BCUT2D eigenvalue weighted by molar-refractivity contribution is -0.289. The maximum atomic E-state index is 14.1. The molecule has 5 rings (SSSR count). The molecule has 2 aromatic heterocycles. The van der Waals surface area contributed by atoms with Crippen LogP contribution in [-0.4, -0.2) is 44.4 Å². The zero-order chi connectivity index (χ0) is 22.7. The Hall–Kier alpha value is -3.04. The van der Waals surface area contributed by atoms with Crippen molar-refractivity contribution in [2.75, 3.05) is 13.1 Å². The topological polar surface area (TPSA) is 50.5 Å². The summed E-state index contributed by atoms with van der Waals surface area (Å²) >= 11 is 0. The number of alkyl halides is 5. The van der Waals surface area contributed by atoms with Crippen molar-refractivity contribution < 1.29 is 26.7 Å². The van der Waals surface area contributed by atoms with Gasteiger partial charge in [-0.15, -0.1) is 0 Å². The number of carbonyl (C=O) groups is 1. The summed E-state index contributed by atoms with van der Waals surface area (Å²) in [7, 11) is 0. The average molecular weight is 450 g/mol. The Morgan fingerprint density at radius 2 is 1.66 bits per heavy atom. The van der Waals surface area contributed by atoms with E-state index in [0.29, 0.717) is 37.4 Å². The number of rotatable bonds is 3. The lowest BCUT2D eigenvalue weighted by Crippen LogP contribution is -2.35. The van der Waals surface area contributed by atoms with E-state index in [2.05, 4.69) is 9.97 Å². The molecule has 0 N–H and O–H groups in total. The SMILES string of the molecule is O=C(c1cnc2ncccn12)N1C[C@H]2CC(c3ccccc3C(F)(F)C(F)(F)F)C[C@H]2C1. The van der Waals surface area contributed by atoms with Crippen LogP contribution in [0.4, 0.5) is 22.0 Å². The highest BCUT2D eigenvalue weighted by molar-refractivity contribution is 5.93. The Labute approximate surface area is 179 Å². The molecule has 0 spiro atoms. The minimum atomic E-state index is -5.65. The van der Waals surface area contributed by atoms with Crippen LogP contribution >= 0.6 is 0 Å². The molecule has 1 unspecified atom stereocenters. The predicted molar refractivity (Wildman–Crippen MR) is 104 cm³/mol. The zero-order valence-electron chi connectivity index (χ0n) is 16.8. The molecule has 0 bridgehead atoms. The van der Waals surface area contributed by atoms with Crippen molar-refractivity contribution in [2.24, 2.45) is 11.8 Å². The molecule has 10 heteroatoms. The minimum absolute atomic E-state index is 0.0498. The van der Waals surface area contributed by atoms with E-state index in [-0.39, 0.29) is 23.3 Å². The molecule has 2 aliphatic rings. The largest absolute Gasteiger partial charge is 0.458 e. The van der Waals surface area contributed by atoms with E-state index < -0.39 is 23.6 Å². The molecule has 1 saturated heterocycles. The van der Waals surface area contributed by atoms with Gasteiger partial charge in [0.25, 0.3) is 5.91 Å². The first-order chi connectivity index (χ1) is 15.2. The number of nitrogens with zero attached hydrogens (tertiary/aromatic N) is 4. The van der Waals surface area contributed by atoms with Crippen molar-refractivity contribution in [2.45, 2.75) is 30.9 Å². The first kappa shape index (κ1) is 20.8. The predicted octanol–water partition coefficient (Wildman–Crippen LogP) is 4.65. The first-order valence-electron chi connectivity index (χ1n) is 10.3. The summed E-state index contributed by atoms with van der Waals surface area (Å²) in [5, 5.41) is 0. The summed E-state index contributed by atoms with van der Waals surface area (Å²) in [5.74, 6) is -4.98. The molecule has 168 valence electrons. The third kappa shape index (κ3) is 3.23. The van der Waals surface area contributed by atoms with Gasteiger partial charge < -0.3 is 4.90 Å². The van der Waals surface area contributed by atoms with E-state index >= 15 is 0 Å². The molecule has 1 saturated carbocycles. The van der Waals surface area contributed by atoms with Crippen LogP contribution in [0, 0.1) is 11.8 Å². The van der Waals surface area contributed by atoms with Gasteiger partial charge in [0.1, 0.15) is 5.69 Å². The van der Waals surface area contributed by atoms with E-state index in [1.807, 2.05) is 0 Å². The number of hydrogen-bond acceptors (Lipinski definition) is 3. The van der Waals surface area contributed by atoms with Crippen LogP contribution in [0.5, 0.6) is 0 Å². The molecule has 3 atom stereocenters. The Bertz CT molecular complexity index is 1160. The molecule has 5 nitrogen and oxygen atoms in total. The second-order valence-corrected chi connectivity index (χ2v) is 8.49. The summed E-state index contributed by atoms with van der Waals surface area (Å²) in [6.07, 6.45) is 0.0350. The number of amides is 1. The first-order valence-corrected chi connectivity index (χ1v) is 10.3. The summed E-state index contributed by atoms with van der Waals surface area (Å²) in [6.45, 7) is 0.872. The van der Waals surface area contributed by atoms with Gasteiger partial charge in [-0.3, -0.25) is 9.20 Å². The number of fused-ring (bicyclic) bond motifs is 2. The summed E-state index contributed by atoms with van der Waals surface area (Å²) in [5.41, 5.74) is -0.529. The maximum absolute atomic E-state index is 14.1. The van der Waals surface area contributed by atoms with Crippen molar-refractivity contribution in [1.82, 2.24) is 19.3 Å². The average Bonchev–Trinajstić information content (AvgIpc) is 3.45. The molecular weight excluding hydrogens is 431 g/mol. The van der Waals surface area contributed by atoms with E-state index in [9.17, 15) is 26.7 Å². The van der Waals surface area contributed by atoms with Gasteiger partial charge in [-0.05, 0) is 42.2 Å². The quantitative estimate of drug-likeness (QED) is 0.546. The van der Waals surface area contributed by atoms with Gasteiger partial charge >= 0.3 is 12.1 Å². The van der Waals surface area contributed by atoms with Gasteiger partial charge in [-0.2, -0.15) is 22.0 Å². The van der Waals surface area contributed by atoms with Gasteiger partial charge in [-0.1, -0.05) is 24.3 Å². The van der Waals surface area contributed by atoms with Crippen LogP contribution in [0.2, 0.25) is 0 Å². The van der Waals surface area contributed by atoms with Crippen molar-refractivity contribution in [3.63, 3.8) is 0 Å². The lowest BCUT2D eigenvalue weighted by Gasteiger charge is -2.25. The monoisotopic (exact) mass is 450 g/mol. The van der Waals surface area contributed by atoms with E-state index in [0.717, 1.165) is 6.07 Å². The molecule has 1 aliphatic heterocycles. The number of imidazole rings is 1. The number of hydrogen-bond donors (Lipinski definition) is 0. The third-order valence-corrected chi connectivity index (χ3v) is 6.64. The van der Waals surface area contributed by atoms with Crippen molar-refractivity contribution in [1.29, 1.82) is 0 Å². The van der Waals surface area contributed by atoms with Crippen LogP contribution < -0.4 is 0 Å². The standard InChI is InChI=1S/C22H19F5N4O/c23-21(24,22(25,26)27)17-5-2-1-4-16(17)13-8-14-11-30(12-15(14)9-13)19(32)18-10-29-20-28-6-3-7-31(18)20/h1-7,10,13-15H,8-9,11-12H2/t13?,14-,15+. The molecule has 2 fully saturated rings. The Balaban J connectivity index is 1.34. The van der Waals surface area contributed by atoms with E-state index in [1.165, 1.54) is 24.4 Å². The van der Waals surface area contributed by atoms with Gasteiger partial charge in [-0.25, -0.2) is 9.97 Å². The highest BCUT2D eigenvalue weighted by atomic mass is 19.4. The van der Waals surface area contributed by atoms with E-state index in [4.69, 9.17) is 0 Å². The zero-order valence-corrected chi connectivity index (χ0v) is 16.8. The molecule has 3 heterocycles. The Kier molecular flexibility index (Phi) is 4.72. The van der Waals surface area contributed by atoms with Crippen LogP contribution in [0.3, 0.4) is 0 Å². The number of halogens is 5. The molecule has 32 heavy (non-hydrogen) atoms. The molecular formula is C22H19F5N4O. The molecule has 1 aromatic carbocycles. The van der Waals surface area contributed by atoms with Crippen LogP contribution in [0.25, 0.3) is 5.78 Å². The summed E-state index contributed by atoms with van der Waals surface area (Å²) < 4.78 is 68.9. The number of carbonyl (C=O) groups excluding carboxylic acids is 1. The summed E-state index contributed by atoms with van der Waals surface area (Å²) in [6, 6.07) is 6.64. The third-order valence-electron chi connectivity index (χ3n) is 6.64. The minimum Gasteiger partial charge on any atom is -0.337 e. The smallest absolute Gasteiger partial charge is 0.337 e.